The monoisotopic (exact) mass is 392 g/mol. The molecule has 1 aliphatic rings. The maximum absolute atomic E-state index is 12.4. The number of hydrogen-bond donors (Lipinski definition) is 0. The lowest BCUT2D eigenvalue weighted by Crippen LogP contribution is -2.23. The van der Waals surface area contributed by atoms with Crippen molar-refractivity contribution < 1.29 is 14.3 Å². The molecule has 0 unspecified atom stereocenters. The summed E-state index contributed by atoms with van der Waals surface area (Å²) in [7, 11) is 1.67. The summed E-state index contributed by atoms with van der Waals surface area (Å²) in [5.74, 6) is 1.01. The van der Waals surface area contributed by atoms with Gasteiger partial charge in [0.15, 0.2) is 5.78 Å². The number of benzene rings is 2. The number of fused-ring (bicyclic) bond motifs is 1. The fraction of sp³-hybridized carbons (Fsp3) is 0.143. The highest BCUT2D eigenvalue weighted by molar-refractivity contribution is 8.18. The number of thioether (sulfide) groups is 1. The number of ether oxygens (including phenoxy) is 1. The summed E-state index contributed by atoms with van der Waals surface area (Å²) in [5, 5.41) is 0.452. The summed E-state index contributed by atoms with van der Waals surface area (Å²) in [6.07, 6.45) is 1.67. The van der Waals surface area contributed by atoms with E-state index in [0.29, 0.717) is 27.4 Å². The first-order valence-electron chi connectivity index (χ1n) is 8.64. The first kappa shape index (κ1) is 18.2. The van der Waals surface area contributed by atoms with Crippen molar-refractivity contribution in [3.05, 3.63) is 75.2 Å². The topological polar surface area (TPSA) is 78.3 Å². The predicted octanol–water partition coefficient (Wildman–Crippen LogP) is 3.09. The molecule has 4 rings (SSSR count). The molecule has 1 fully saturated rings. The average molecular weight is 392 g/mol. The Balaban J connectivity index is 1.50. The summed E-state index contributed by atoms with van der Waals surface area (Å²) in [5.41, 5.74) is 1.34. The standard InChI is InChI=1S/C21H16N2O4S/c1-23-19(22-16-5-3-2-4-15(16)21(23)26)12-27-14-8-6-13(7-9-14)10-18-17(24)11-20(25)28-18/h2-10H,11-12H2,1H3/b18-10+. The third-order valence-electron chi connectivity index (χ3n) is 4.43. The number of rotatable bonds is 4. The average Bonchev–Trinajstić information content (AvgIpc) is 3.01. The summed E-state index contributed by atoms with van der Waals surface area (Å²) in [4.78, 5) is 40.4. The Morgan fingerprint density at radius 1 is 1.11 bits per heavy atom. The lowest BCUT2D eigenvalue weighted by Gasteiger charge is -2.11. The number of aromatic nitrogens is 2. The van der Waals surface area contributed by atoms with Gasteiger partial charge in [-0.3, -0.25) is 19.0 Å². The zero-order chi connectivity index (χ0) is 19.7. The molecule has 0 atom stereocenters. The predicted molar refractivity (Wildman–Crippen MR) is 108 cm³/mol. The van der Waals surface area contributed by atoms with Crippen LogP contribution in [0, 0.1) is 0 Å². The molecule has 140 valence electrons. The largest absolute Gasteiger partial charge is 0.486 e. The first-order chi connectivity index (χ1) is 13.5. The fourth-order valence-corrected chi connectivity index (χ4v) is 3.73. The normalized spacial score (nSPS) is 15.5. The zero-order valence-corrected chi connectivity index (χ0v) is 15.9. The van der Waals surface area contributed by atoms with Crippen molar-refractivity contribution in [2.45, 2.75) is 13.0 Å². The molecule has 0 saturated carbocycles. The van der Waals surface area contributed by atoms with Crippen molar-refractivity contribution >= 4 is 39.6 Å². The Hall–Kier alpha value is -3.19. The third kappa shape index (κ3) is 3.61. The number of Topliss-reactive ketones (excluding diaryl/α,β-unsaturated/α-hetero) is 1. The van der Waals surface area contributed by atoms with Gasteiger partial charge in [0.05, 0.1) is 22.2 Å². The van der Waals surface area contributed by atoms with Gasteiger partial charge in [0.1, 0.15) is 18.2 Å². The molecule has 2 aromatic carbocycles. The van der Waals surface area contributed by atoms with E-state index in [-0.39, 0.29) is 29.5 Å². The van der Waals surface area contributed by atoms with Crippen LogP contribution < -0.4 is 10.3 Å². The molecule has 0 spiro atoms. The van der Waals surface area contributed by atoms with Gasteiger partial charge in [-0.2, -0.15) is 0 Å². The second-order valence-corrected chi connectivity index (χ2v) is 7.45. The molecule has 3 aromatic rings. The van der Waals surface area contributed by atoms with Crippen LogP contribution >= 0.6 is 11.8 Å². The van der Waals surface area contributed by atoms with Crippen LogP contribution in [0.4, 0.5) is 0 Å². The Morgan fingerprint density at radius 2 is 1.86 bits per heavy atom. The molecule has 1 aromatic heterocycles. The van der Waals surface area contributed by atoms with E-state index < -0.39 is 0 Å². The van der Waals surface area contributed by atoms with Crippen molar-refractivity contribution in [2.24, 2.45) is 7.05 Å². The molecule has 2 heterocycles. The number of carbonyl (C=O) groups is 2. The summed E-state index contributed by atoms with van der Waals surface area (Å²) in [6.45, 7) is 0.153. The van der Waals surface area contributed by atoms with E-state index in [1.54, 1.807) is 37.4 Å². The third-order valence-corrected chi connectivity index (χ3v) is 5.36. The van der Waals surface area contributed by atoms with Crippen LogP contribution in [-0.4, -0.2) is 20.4 Å². The van der Waals surface area contributed by atoms with Crippen LogP contribution in [-0.2, 0) is 23.2 Å². The molecule has 0 N–H and O–H groups in total. The van der Waals surface area contributed by atoms with E-state index in [1.165, 1.54) is 4.57 Å². The maximum Gasteiger partial charge on any atom is 0.261 e. The van der Waals surface area contributed by atoms with Gasteiger partial charge >= 0.3 is 0 Å². The minimum Gasteiger partial charge on any atom is -0.486 e. The van der Waals surface area contributed by atoms with Crippen LogP contribution in [0.15, 0.2) is 58.2 Å². The highest BCUT2D eigenvalue weighted by Crippen LogP contribution is 2.30. The Morgan fingerprint density at radius 3 is 2.57 bits per heavy atom. The summed E-state index contributed by atoms with van der Waals surface area (Å²) >= 11 is 0.985. The van der Waals surface area contributed by atoms with Gasteiger partial charge in [0, 0.05) is 7.05 Å². The maximum atomic E-state index is 12.4. The molecular formula is C21H16N2O4S. The molecule has 7 heteroatoms. The van der Waals surface area contributed by atoms with Crippen LogP contribution in [0.1, 0.15) is 17.8 Å². The van der Waals surface area contributed by atoms with Gasteiger partial charge in [-0.1, -0.05) is 24.3 Å². The fourth-order valence-electron chi connectivity index (χ4n) is 2.90. The molecule has 0 bridgehead atoms. The van der Waals surface area contributed by atoms with Gasteiger partial charge in [0.2, 0.25) is 5.12 Å². The van der Waals surface area contributed by atoms with Gasteiger partial charge in [0.25, 0.3) is 5.56 Å². The van der Waals surface area contributed by atoms with E-state index in [0.717, 1.165) is 17.3 Å². The summed E-state index contributed by atoms with van der Waals surface area (Å²) in [6, 6.07) is 14.4. The second-order valence-electron chi connectivity index (χ2n) is 6.35. The smallest absolute Gasteiger partial charge is 0.261 e. The molecule has 0 radical (unpaired) electrons. The molecule has 6 nitrogen and oxygen atoms in total. The SMILES string of the molecule is Cn1c(COc2ccc(/C=C3/SC(=O)CC3=O)cc2)nc2ccccc2c1=O. The van der Waals surface area contributed by atoms with Crippen LogP contribution in [0.5, 0.6) is 5.75 Å². The van der Waals surface area contributed by atoms with Crippen molar-refractivity contribution in [1.29, 1.82) is 0 Å². The molecule has 0 aliphatic carbocycles. The van der Waals surface area contributed by atoms with Crippen molar-refractivity contribution in [2.75, 3.05) is 0 Å². The zero-order valence-electron chi connectivity index (χ0n) is 15.0. The highest BCUT2D eigenvalue weighted by atomic mass is 32.2. The number of allylic oxidation sites excluding steroid dienone is 1. The van der Waals surface area contributed by atoms with Crippen LogP contribution in [0.3, 0.4) is 0 Å². The lowest BCUT2D eigenvalue weighted by atomic mass is 10.1. The minimum atomic E-state index is -0.140. The number of carbonyl (C=O) groups excluding carboxylic acids is 2. The van der Waals surface area contributed by atoms with Gasteiger partial charge in [-0.15, -0.1) is 0 Å². The second kappa shape index (κ2) is 7.44. The number of nitrogens with zero attached hydrogens (tertiary/aromatic N) is 2. The van der Waals surface area contributed by atoms with Crippen LogP contribution in [0.2, 0.25) is 0 Å². The van der Waals surface area contributed by atoms with Gasteiger partial charge < -0.3 is 4.74 Å². The van der Waals surface area contributed by atoms with Crippen molar-refractivity contribution in [3.8, 4) is 5.75 Å². The van der Waals surface area contributed by atoms with Crippen molar-refractivity contribution in [1.82, 2.24) is 9.55 Å². The molecule has 0 amide bonds. The van der Waals surface area contributed by atoms with Gasteiger partial charge in [-0.05, 0) is 47.7 Å². The van der Waals surface area contributed by atoms with Crippen molar-refractivity contribution in [3.63, 3.8) is 0 Å². The van der Waals surface area contributed by atoms with E-state index in [4.69, 9.17) is 4.74 Å². The van der Waals surface area contributed by atoms with Gasteiger partial charge in [-0.25, -0.2) is 4.98 Å². The Kier molecular flexibility index (Phi) is 4.83. The first-order valence-corrected chi connectivity index (χ1v) is 9.46. The molecule has 28 heavy (non-hydrogen) atoms. The van der Waals surface area contributed by atoms with E-state index in [2.05, 4.69) is 4.98 Å². The number of ketones is 1. The Labute approximate surface area is 164 Å². The number of para-hydroxylation sites is 1. The van der Waals surface area contributed by atoms with E-state index >= 15 is 0 Å². The highest BCUT2D eigenvalue weighted by Gasteiger charge is 2.25. The van der Waals surface area contributed by atoms with Crippen LogP contribution in [0.25, 0.3) is 17.0 Å². The quantitative estimate of drug-likeness (QED) is 0.502. The lowest BCUT2D eigenvalue weighted by molar-refractivity contribution is -0.119. The molecule has 1 aliphatic heterocycles. The summed E-state index contributed by atoms with van der Waals surface area (Å²) < 4.78 is 7.26. The molecular weight excluding hydrogens is 376 g/mol. The van der Waals surface area contributed by atoms with E-state index in [9.17, 15) is 14.4 Å². The minimum absolute atomic E-state index is 0.0326. The van der Waals surface area contributed by atoms with E-state index in [1.807, 2.05) is 24.3 Å². The molecule has 1 saturated heterocycles. The Bertz CT molecular complexity index is 1180. The number of hydrogen-bond acceptors (Lipinski definition) is 6.